The van der Waals surface area contributed by atoms with E-state index in [2.05, 4.69) is 30.3 Å². The van der Waals surface area contributed by atoms with Crippen LogP contribution in [0.1, 0.15) is 37.3 Å². The minimum Gasteiger partial charge on any atom is -0.267 e. The maximum Gasteiger partial charge on any atom is 0.232 e. The second-order valence-corrected chi connectivity index (χ2v) is 8.93. The van der Waals surface area contributed by atoms with Gasteiger partial charge >= 0.3 is 0 Å². The summed E-state index contributed by atoms with van der Waals surface area (Å²) in [6, 6.07) is 5.93. The van der Waals surface area contributed by atoms with E-state index in [0.29, 0.717) is 5.92 Å². The summed E-state index contributed by atoms with van der Waals surface area (Å²) in [4.78, 5) is 4.68. The summed E-state index contributed by atoms with van der Waals surface area (Å²) in [6.45, 7) is 6.22. The molecule has 3 rings (SSSR count). The lowest BCUT2D eigenvalue weighted by molar-refractivity contribution is 0.590. The minimum atomic E-state index is -3.23. The average molecular weight is 336 g/mol. The van der Waals surface area contributed by atoms with Crippen molar-refractivity contribution in [2.24, 2.45) is 0 Å². The van der Waals surface area contributed by atoms with Gasteiger partial charge in [-0.2, -0.15) is 0 Å². The van der Waals surface area contributed by atoms with Crippen molar-refractivity contribution in [1.82, 2.24) is 4.98 Å². The standard InChI is InChI=1S/C16H20N2O2S2/c1-10(2)16-17-14(9-21-16)12-5-6-15-13(8-12)7-11(3)18(15)22(4,19)20/h5-6,8-11H,7H2,1-4H3/t11-/m0/s1. The van der Waals surface area contributed by atoms with E-state index in [1.807, 2.05) is 19.1 Å². The van der Waals surface area contributed by atoms with E-state index in [-0.39, 0.29) is 6.04 Å². The molecule has 1 aromatic heterocycles. The Balaban J connectivity index is 2.01. The molecule has 4 nitrogen and oxygen atoms in total. The van der Waals surface area contributed by atoms with Crippen LogP contribution in [0.3, 0.4) is 0 Å². The molecule has 0 unspecified atom stereocenters. The Morgan fingerprint density at radius 2 is 2.09 bits per heavy atom. The summed E-state index contributed by atoms with van der Waals surface area (Å²) in [5.41, 5.74) is 3.92. The Bertz CT molecular complexity index is 809. The van der Waals surface area contributed by atoms with E-state index < -0.39 is 10.0 Å². The molecule has 0 spiro atoms. The monoisotopic (exact) mass is 336 g/mol. The molecule has 6 heteroatoms. The molecule has 0 saturated heterocycles. The first-order chi connectivity index (χ1) is 10.3. The lowest BCUT2D eigenvalue weighted by atomic mass is 10.1. The van der Waals surface area contributed by atoms with Crippen LogP contribution in [0.15, 0.2) is 23.6 Å². The van der Waals surface area contributed by atoms with Gasteiger partial charge in [0.25, 0.3) is 0 Å². The summed E-state index contributed by atoms with van der Waals surface area (Å²) < 4.78 is 25.4. The highest BCUT2D eigenvalue weighted by atomic mass is 32.2. The molecule has 118 valence electrons. The van der Waals surface area contributed by atoms with Crippen LogP contribution in [0.4, 0.5) is 5.69 Å². The molecule has 1 atom stereocenters. The van der Waals surface area contributed by atoms with E-state index in [9.17, 15) is 8.42 Å². The van der Waals surface area contributed by atoms with Crippen molar-refractivity contribution >= 4 is 27.0 Å². The van der Waals surface area contributed by atoms with Gasteiger partial charge in [0.15, 0.2) is 0 Å². The van der Waals surface area contributed by atoms with Crippen molar-refractivity contribution in [3.63, 3.8) is 0 Å². The summed E-state index contributed by atoms with van der Waals surface area (Å²) in [7, 11) is -3.23. The van der Waals surface area contributed by atoms with Crippen LogP contribution in [0, 0.1) is 0 Å². The molecule has 0 bridgehead atoms. The van der Waals surface area contributed by atoms with Gasteiger partial charge in [0.05, 0.1) is 22.6 Å². The maximum atomic E-state index is 12.0. The Morgan fingerprint density at radius 1 is 1.36 bits per heavy atom. The van der Waals surface area contributed by atoms with Gasteiger partial charge in [-0.1, -0.05) is 19.9 Å². The largest absolute Gasteiger partial charge is 0.267 e. The zero-order valence-corrected chi connectivity index (χ0v) is 14.8. The number of fused-ring (bicyclic) bond motifs is 1. The van der Waals surface area contributed by atoms with Gasteiger partial charge < -0.3 is 0 Å². The Hall–Kier alpha value is -1.40. The first-order valence-electron chi connectivity index (χ1n) is 7.35. The number of hydrogen-bond acceptors (Lipinski definition) is 4. The van der Waals surface area contributed by atoms with Gasteiger partial charge in [0, 0.05) is 22.9 Å². The van der Waals surface area contributed by atoms with Crippen molar-refractivity contribution in [2.75, 3.05) is 10.6 Å². The number of thiazole rings is 1. The third-order valence-corrected chi connectivity index (χ3v) is 6.32. The summed E-state index contributed by atoms with van der Waals surface area (Å²) in [5.74, 6) is 0.425. The highest BCUT2D eigenvalue weighted by Gasteiger charge is 2.32. The number of aromatic nitrogens is 1. The second-order valence-electron chi connectivity index (χ2n) is 6.18. The van der Waals surface area contributed by atoms with Gasteiger partial charge in [-0.15, -0.1) is 11.3 Å². The zero-order chi connectivity index (χ0) is 16.1. The molecule has 0 saturated carbocycles. The van der Waals surface area contributed by atoms with E-state index in [4.69, 9.17) is 0 Å². The van der Waals surface area contributed by atoms with Crippen LogP contribution in [0.5, 0.6) is 0 Å². The molecule has 2 aromatic rings. The first kappa shape index (κ1) is 15.5. The fraction of sp³-hybridized carbons (Fsp3) is 0.438. The van der Waals surface area contributed by atoms with Gasteiger partial charge in [0.1, 0.15) is 0 Å². The first-order valence-corrected chi connectivity index (χ1v) is 10.1. The molecule has 0 N–H and O–H groups in total. The highest BCUT2D eigenvalue weighted by molar-refractivity contribution is 7.92. The van der Waals surface area contributed by atoms with Crippen molar-refractivity contribution in [1.29, 1.82) is 0 Å². The van der Waals surface area contributed by atoms with Gasteiger partial charge in [-0.05, 0) is 31.0 Å². The van der Waals surface area contributed by atoms with E-state index in [0.717, 1.165) is 33.9 Å². The molecule has 0 radical (unpaired) electrons. The van der Waals surface area contributed by atoms with Crippen molar-refractivity contribution in [3.8, 4) is 11.3 Å². The zero-order valence-electron chi connectivity index (χ0n) is 13.2. The second kappa shape index (κ2) is 5.35. The predicted molar refractivity (Wildman–Crippen MR) is 92.1 cm³/mol. The number of nitrogens with zero attached hydrogens (tertiary/aromatic N) is 2. The average Bonchev–Trinajstić information content (AvgIpc) is 2.99. The van der Waals surface area contributed by atoms with E-state index >= 15 is 0 Å². The smallest absolute Gasteiger partial charge is 0.232 e. The highest BCUT2D eigenvalue weighted by Crippen LogP contribution is 2.37. The van der Waals surface area contributed by atoms with Crippen LogP contribution >= 0.6 is 11.3 Å². The quantitative estimate of drug-likeness (QED) is 0.860. The SMILES string of the molecule is CC(C)c1nc(-c2ccc3c(c2)C[C@H](C)N3S(C)(=O)=O)cs1. The Labute approximate surface area is 135 Å². The van der Waals surface area contributed by atoms with Crippen LogP contribution < -0.4 is 4.31 Å². The number of benzene rings is 1. The van der Waals surface area contributed by atoms with Gasteiger partial charge in [-0.25, -0.2) is 13.4 Å². The van der Waals surface area contributed by atoms with Crippen LogP contribution in [-0.2, 0) is 16.4 Å². The normalized spacial score (nSPS) is 18.0. The molecule has 1 aromatic carbocycles. The molecule has 1 aliphatic rings. The molecule has 2 heterocycles. The molecule has 1 aliphatic heterocycles. The summed E-state index contributed by atoms with van der Waals surface area (Å²) >= 11 is 1.67. The van der Waals surface area contributed by atoms with E-state index in [1.165, 1.54) is 10.6 Å². The maximum absolute atomic E-state index is 12.0. The summed E-state index contributed by atoms with van der Waals surface area (Å²) in [6.07, 6.45) is 2.01. The third-order valence-electron chi connectivity index (χ3n) is 3.90. The van der Waals surface area contributed by atoms with Crippen molar-refractivity contribution in [3.05, 3.63) is 34.2 Å². The van der Waals surface area contributed by atoms with Crippen molar-refractivity contribution < 1.29 is 8.42 Å². The number of anilines is 1. The molecular weight excluding hydrogens is 316 g/mol. The summed E-state index contributed by atoms with van der Waals surface area (Å²) in [5, 5.41) is 3.20. The molecule has 0 fully saturated rings. The minimum absolute atomic E-state index is 0.0260. The molecule has 0 amide bonds. The van der Waals surface area contributed by atoms with Crippen LogP contribution in [0.2, 0.25) is 0 Å². The van der Waals surface area contributed by atoms with Crippen LogP contribution in [-0.4, -0.2) is 25.7 Å². The molecular formula is C16H20N2O2S2. The Kier molecular flexibility index (Phi) is 3.77. The number of hydrogen-bond donors (Lipinski definition) is 0. The molecule has 22 heavy (non-hydrogen) atoms. The topological polar surface area (TPSA) is 50.3 Å². The third kappa shape index (κ3) is 2.65. The van der Waals surface area contributed by atoms with Gasteiger partial charge in [-0.3, -0.25) is 4.31 Å². The molecule has 0 aliphatic carbocycles. The van der Waals surface area contributed by atoms with Gasteiger partial charge in [0.2, 0.25) is 10.0 Å². The number of rotatable bonds is 3. The van der Waals surface area contributed by atoms with E-state index in [1.54, 1.807) is 11.3 Å². The predicted octanol–water partition coefficient (Wildman–Crippen LogP) is 3.64. The fourth-order valence-corrected chi connectivity index (χ4v) is 5.06. The lowest BCUT2D eigenvalue weighted by Crippen LogP contribution is -2.34. The van der Waals surface area contributed by atoms with Crippen molar-refractivity contribution in [2.45, 2.75) is 39.2 Å². The van der Waals surface area contributed by atoms with Crippen LogP contribution in [0.25, 0.3) is 11.3 Å². The number of sulfonamides is 1. The fourth-order valence-electron chi connectivity index (χ4n) is 2.95. The lowest BCUT2D eigenvalue weighted by Gasteiger charge is -2.21. The Morgan fingerprint density at radius 3 is 2.68 bits per heavy atom.